The molecule has 0 saturated carbocycles. The van der Waals surface area contributed by atoms with Crippen molar-refractivity contribution in [3.05, 3.63) is 58.1 Å². The van der Waals surface area contributed by atoms with Crippen molar-refractivity contribution >= 4 is 44.8 Å². The molecule has 2 aromatic rings. The number of rotatable bonds is 8. The van der Waals surface area contributed by atoms with Crippen molar-refractivity contribution in [3.8, 4) is 5.75 Å². The molecule has 0 spiro atoms. The highest BCUT2D eigenvalue weighted by atomic mass is 35.5. The SMILES string of the molecule is CCOc1ccc(C(C)NC(=O)C(C)N(c2cc(Cl)ccc2Cl)S(C)(=O)=O)cc1. The molecule has 2 unspecified atom stereocenters. The number of halogens is 2. The average Bonchev–Trinajstić information content (AvgIpc) is 2.64. The van der Waals surface area contributed by atoms with Crippen molar-refractivity contribution < 1.29 is 17.9 Å². The Hall–Kier alpha value is -1.96. The van der Waals surface area contributed by atoms with E-state index in [1.165, 1.54) is 19.1 Å². The quantitative estimate of drug-likeness (QED) is 0.634. The maximum Gasteiger partial charge on any atom is 0.244 e. The number of sulfonamides is 1. The molecule has 0 aliphatic carbocycles. The number of ether oxygens (including phenoxy) is 1. The van der Waals surface area contributed by atoms with Crippen LogP contribution in [0.1, 0.15) is 32.4 Å². The first-order chi connectivity index (χ1) is 13.5. The monoisotopic (exact) mass is 458 g/mol. The molecular weight excluding hydrogens is 435 g/mol. The van der Waals surface area contributed by atoms with Crippen LogP contribution in [0.25, 0.3) is 0 Å². The van der Waals surface area contributed by atoms with E-state index in [2.05, 4.69) is 5.32 Å². The Morgan fingerprint density at radius 1 is 1.14 bits per heavy atom. The molecule has 0 saturated heterocycles. The van der Waals surface area contributed by atoms with E-state index in [4.69, 9.17) is 27.9 Å². The Kier molecular flexibility index (Phi) is 7.80. The van der Waals surface area contributed by atoms with Gasteiger partial charge in [-0.25, -0.2) is 8.42 Å². The molecule has 1 N–H and O–H groups in total. The zero-order valence-electron chi connectivity index (χ0n) is 16.6. The van der Waals surface area contributed by atoms with Crippen molar-refractivity contribution in [1.82, 2.24) is 5.32 Å². The molecule has 0 heterocycles. The zero-order valence-corrected chi connectivity index (χ0v) is 19.0. The molecule has 2 atom stereocenters. The first-order valence-corrected chi connectivity index (χ1v) is 11.6. The molecule has 2 aromatic carbocycles. The number of carbonyl (C=O) groups excluding carboxylic acids is 1. The van der Waals surface area contributed by atoms with E-state index < -0.39 is 22.0 Å². The van der Waals surface area contributed by atoms with Gasteiger partial charge in [0.2, 0.25) is 15.9 Å². The fraction of sp³-hybridized carbons (Fsp3) is 0.350. The first-order valence-electron chi connectivity index (χ1n) is 9.02. The van der Waals surface area contributed by atoms with Gasteiger partial charge in [-0.2, -0.15) is 0 Å². The third-order valence-electron chi connectivity index (χ3n) is 4.28. The number of anilines is 1. The largest absolute Gasteiger partial charge is 0.494 e. The molecule has 2 rings (SSSR count). The summed E-state index contributed by atoms with van der Waals surface area (Å²) < 4.78 is 31.2. The number of carbonyl (C=O) groups is 1. The number of hydrogen-bond acceptors (Lipinski definition) is 4. The third kappa shape index (κ3) is 6.01. The van der Waals surface area contributed by atoms with Crippen LogP contribution in [0.15, 0.2) is 42.5 Å². The average molecular weight is 459 g/mol. The lowest BCUT2D eigenvalue weighted by atomic mass is 10.1. The van der Waals surface area contributed by atoms with Gasteiger partial charge in [0.05, 0.1) is 29.6 Å². The van der Waals surface area contributed by atoms with Gasteiger partial charge in [0.1, 0.15) is 11.8 Å². The lowest BCUT2D eigenvalue weighted by Gasteiger charge is -2.30. The summed E-state index contributed by atoms with van der Waals surface area (Å²) in [5.74, 6) is 0.273. The number of nitrogens with zero attached hydrogens (tertiary/aromatic N) is 1. The Labute approximate surface area is 181 Å². The van der Waals surface area contributed by atoms with Crippen molar-refractivity contribution in [3.63, 3.8) is 0 Å². The van der Waals surface area contributed by atoms with Crippen molar-refractivity contribution in [1.29, 1.82) is 0 Å². The number of hydrogen-bond donors (Lipinski definition) is 1. The normalized spacial score (nSPS) is 13.4. The molecule has 0 bridgehead atoms. The number of amides is 1. The Morgan fingerprint density at radius 2 is 1.76 bits per heavy atom. The minimum Gasteiger partial charge on any atom is -0.494 e. The van der Waals surface area contributed by atoms with Crippen LogP contribution in [0.4, 0.5) is 5.69 Å². The van der Waals surface area contributed by atoms with E-state index in [0.29, 0.717) is 11.6 Å². The molecule has 0 radical (unpaired) electrons. The molecule has 6 nitrogen and oxygen atoms in total. The maximum absolute atomic E-state index is 12.8. The highest BCUT2D eigenvalue weighted by molar-refractivity contribution is 7.92. The maximum atomic E-state index is 12.8. The van der Waals surface area contributed by atoms with Crippen LogP contribution in [0, 0.1) is 0 Å². The molecule has 9 heteroatoms. The molecule has 0 aliphatic rings. The number of nitrogens with one attached hydrogen (secondary N) is 1. The van der Waals surface area contributed by atoms with Gasteiger partial charge in [0.25, 0.3) is 0 Å². The molecular formula is C20H24Cl2N2O4S. The van der Waals surface area contributed by atoms with E-state index in [-0.39, 0.29) is 16.8 Å². The standard InChI is InChI=1S/C20H24Cl2N2O4S/c1-5-28-17-9-6-15(7-10-17)13(2)23-20(25)14(3)24(29(4,26)27)19-12-16(21)8-11-18(19)22/h6-14H,5H2,1-4H3,(H,23,25). The van der Waals surface area contributed by atoms with Gasteiger partial charge in [-0.05, 0) is 56.7 Å². The summed E-state index contributed by atoms with van der Waals surface area (Å²) in [5, 5.41) is 3.33. The van der Waals surface area contributed by atoms with Crippen LogP contribution >= 0.6 is 23.2 Å². The minimum absolute atomic E-state index is 0.151. The van der Waals surface area contributed by atoms with Crippen LogP contribution in [-0.2, 0) is 14.8 Å². The lowest BCUT2D eigenvalue weighted by molar-refractivity contribution is -0.122. The summed E-state index contributed by atoms with van der Waals surface area (Å²) in [5.41, 5.74) is 1.01. The zero-order chi connectivity index (χ0) is 21.8. The summed E-state index contributed by atoms with van der Waals surface area (Å²) in [6.07, 6.45) is 1.02. The fourth-order valence-corrected chi connectivity index (χ4v) is 4.48. The van der Waals surface area contributed by atoms with Crippen LogP contribution in [0.2, 0.25) is 10.0 Å². The van der Waals surface area contributed by atoms with E-state index >= 15 is 0 Å². The molecule has 0 aromatic heterocycles. The Balaban J connectivity index is 2.24. The Morgan fingerprint density at radius 3 is 2.31 bits per heavy atom. The van der Waals surface area contributed by atoms with Crippen LogP contribution < -0.4 is 14.4 Å². The van der Waals surface area contributed by atoms with Gasteiger partial charge < -0.3 is 10.1 Å². The molecule has 29 heavy (non-hydrogen) atoms. The van der Waals surface area contributed by atoms with E-state index in [1.807, 2.05) is 38.1 Å². The summed E-state index contributed by atoms with van der Waals surface area (Å²) in [6, 6.07) is 10.4. The first kappa shape index (κ1) is 23.3. The van der Waals surface area contributed by atoms with Gasteiger partial charge in [-0.15, -0.1) is 0 Å². The van der Waals surface area contributed by atoms with Crippen molar-refractivity contribution in [2.24, 2.45) is 0 Å². The second-order valence-electron chi connectivity index (χ2n) is 6.56. The summed E-state index contributed by atoms with van der Waals surface area (Å²) in [4.78, 5) is 12.8. The van der Waals surface area contributed by atoms with Gasteiger partial charge in [-0.1, -0.05) is 35.3 Å². The van der Waals surface area contributed by atoms with Gasteiger partial charge in [-0.3, -0.25) is 9.10 Å². The van der Waals surface area contributed by atoms with E-state index in [9.17, 15) is 13.2 Å². The molecule has 1 amide bonds. The second-order valence-corrected chi connectivity index (χ2v) is 9.27. The lowest BCUT2D eigenvalue weighted by Crippen LogP contribution is -2.48. The topological polar surface area (TPSA) is 75.7 Å². The predicted octanol–water partition coefficient (Wildman–Crippen LogP) is 4.42. The molecule has 158 valence electrons. The summed E-state index contributed by atoms with van der Waals surface area (Å²) in [7, 11) is -3.80. The second kappa shape index (κ2) is 9.69. The van der Waals surface area contributed by atoms with E-state index in [0.717, 1.165) is 21.9 Å². The van der Waals surface area contributed by atoms with Crippen LogP contribution in [0.3, 0.4) is 0 Å². The predicted molar refractivity (Wildman–Crippen MR) is 117 cm³/mol. The Bertz CT molecular complexity index is 965. The van der Waals surface area contributed by atoms with Crippen molar-refractivity contribution in [2.45, 2.75) is 32.9 Å². The van der Waals surface area contributed by atoms with E-state index in [1.54, 1.807) is 6.07 Å². The highest BCUT2D eigenvalue weighted by Gasteiger charge is 2.31. The minimum atomic E-state index is -3.80. The third-order valence-corrected chi connectivity index (χ3v) is 6.07. The van der Waals surface area contributed by atoms with Gasteiger partial charge in [0.15, 0.2) is 0 Å². The summed E-state index contributed by atoms with van der Waals surface area (Å²) >= 11 is 12.2. The number of benzene rings is 2. The smallest absolute Gasteiger partial charge is 0.244 e. The summed E-state index contributed by atoms with van der Waals surface area (Å²) in [6.45, 7) is 5.78. The van der Waals surface area contributed by atoms with Crippen LogP contribution in [0.5, 0.6) is 5.75 Å². The van der Waals surface area contributed by atoms with Gasteiger partial charge in [0, 0.05) is 5.02 Å². The van der Waals surface area contributed by atoms with Crippen molar-refractivity contribution in [2.75, 3.05) is 17.2 Å². The molecule has 0 fully saturated rings. The fourth-order valence-electron chi connectivity index (χ4n) is 2.87. The van der Waals surface area contributed by atoms with Crippen LogP contribution in [-0.4, -0.2) is 33.2 Å². The van der Waals surface area contributed by atoms with Gasteiger partial charge >= 0.3 is 0 Å². The highest BCUT2D eigenvalue weighted by Crippen LogP contribution is 2.32. The molecule has 0 aliphatic heterocycles.